The number of esters is 1. The Morgan fingerprint density at radius 2 is 2.24 bits per heavy atom. The van der Waals surface area contributed by atoms with Gasteiger partial charge in [-0.05, 0) is 25.0 Å². The number of rotatable bonds is 5. The van der Waals surface area contributed by atoms with Gasteiger partial charge in [0, 0.05) is 11.5 Å². The highest BCUT2D eigenvalue weighted by atomic mass is 16.6. The molecule has 1 atom stereocenters. The molecular weight excluding hydrogens is 220 g/mol. The highest BCUT2D eigenvalue weighted by molar-refractivity contribution is 5.77. The Morgan fingerprint density at radius 1 is 1.47 bits per heavy atom. The summed E-state index contributed by atoms with van der Waals surface area (Å²) in [4.78, 5) is 22.2. The van der Waals surface area contributed by atoms with Crippen LogP contribution in [0.25, 0.3) is 0 Å². The van der Waals surface area contributed by atoms with Crippen LogP contribution in [0.15, 0.2) is 24.3 Å². The summed E-state index contributed by atoms with van der Waals surface area (Å²) in [6.07, 6.45) is 2.15. The molecule has 0 aliphatic heterocycles. The van der Waals surface area contributed by atoms with Crippen LogP contribution in [0, 0.1) is 5.92 Å². The van der Waals surface area contributed by atoms with Gasteiger partial charge in [-0.2, -0.15) is 0 Å². The normalized spacial score (nSPS) is 16.1. The summed E-state index contributed by atoms with van der Waals surface area (Å²) in [6.45, 7) is 0. The molecule has 0 radical (unpaired) electrons. The molecule has 0 aromatic heterocycles. The van der Waals surface area contributed by atoms with Crippen molar-refractivity contribution in [2.75, 3.05) is 7.11 Å². The van der Waals surface area contributed by atoms with E-state index in [0.717, 1.165) is 19.1 Å². The van der Waals surface area contributed by atoms with E-state index >= 15 is 0 Å². The average molecular weight is 234 g/mol. The molecular formula is C13H14O4. The van der Waals surface area contributed by atoms with Crippen molar-refractivity contribution in [1.29, 1.82) is 0 Å². The summed E-state index contributed by atoms with van der Waals surface area (Å²) >= 11 is 0. The molecule has 17 heavy (non-hydrogen) atoms. The van der Waals surface area contributed by atoms with Gasteiger partial charge < -0.3 is 9.47 Å². The van der Waals surface area contributed by atoms with E-state index in [2.05, 4.69) is 0 Å². The van der Waals surface area contributed by atoms with E-state index in [1.54, 1.807) is 24.3 Å². The fourth-order valence-electron chi connectivity index (χ4n) is 1.66. The van der Waals surface area contributed by atoms with Gasteiger partial charge >= 0.3 is 5.97 Å². The van der Waals surface area contributed by atoms with E-state index in [0.29, 0.717) is 11.3 Å². The number of carbonyl (C=O) groups is 2. The predicted molar refractivity (Wildman–Crippen MR) is 61.0 cm³/mol. The molecule has 90 valence electrons. The number of carbonyl (C=O) groups excluding carboxylic acids is 2. The van der Waals surface area contributed by atoms with E-state index in [1.165, 1.54) is 7.11 Å². The van der Waals surface area contributed by atoms with E-state index in [1.807, 2.05) is 0 Å². The van der Waals surface area contributed by atoms with Gasteiger partial charge in [0.25, 0.3) is 0 Å². The zero-order chi connectivity index (χ0) is 12.3. The van der Waals surface area contributed by atoms with Gasteiger partial charge in [-0.25, -0.2) is 4.79 Å². The maximum absolute atomic E-state index is 11.5. The van der Waals surface area contributed by atoms with Crippen molar-refractivity contribution in [2.45, 2.75) is 18.9 Å². The molecule has 4 nitrogen and oxygen atoms in total. The van der Waals surface area contributed by atoms with Crippen LogP contribution >= 0.6 is 0 Å². The van der Waals surface area contributed by atoms with Gasteiger partial charge in [-0.1, -0.05) is 12.1 Å². The average Bonchev–Trinajstić information content (AvgIpc) is 3.19. The lowest BCUT2D eigenvalue weighted by molar-refractivity contribution is -0.149. The van der Waals surface area contributed by atoms with Gasteiger partial charge in [0.05, 0.1) is 7.11 Å². The van der Waals surface area contributed by atoms with Crippen molar-refractivity contribution in [3.8, 4) is 5.75 Å². The molecule has 0 amide bonds. The first kappa shape index (κ1) is 11.6. The second kappa shape index (κ2) is 4.99. The molecule has 1 aliphatic carbocycles. The largest absolute Gasteiger partial charge is 0.478 e. The highest BCUT2D eigenvalue weighted by Gasteiger charge is 2.38. The van der Waals surface area contributed by atoms with Crippen LogP contribution in [0.4, 0.5) is 0 Å². The van der Waals surface area contributed by atoms with Crippen LogP contribution in [-0.2, 0) is 9.53 Å². The Morgan fingerprint density at radius 3 is 2.82 bits per heavy atom. The van der Waals surface area contributed by atoms with Crippen molar-refractivity contribution >= 4 is 12.3 Å². The van der Waals surface area contributed by atoms with E-state index in [9.17, 15) is 9.59 Å². The standard InChI is InChI=1S/C13H14O4/c1-16-13(15)12(10-5-6-10)17-11-4-2-3-9(7-11)8-14/h2-4,7-8,10,12H,5-6H2,1H3. The quantitative estimate of drug-likeness (QED) is 0.576. The molecule has 1 aromatic rings. The zero-order valence-corrected chi connectivity index (χ0v) is 9.59. The second-order valence-corrected chi connectivity index (χ2v) is 4.09. The molecule has 0 saturated heterocycles. The van der Waals surface area contributed by atoms with Crippen molar-refractivity contribution in [3.05, 3.63) is 29.8 Å². The van der Waals surface area contributed by atoms with E-state index in [4.69, 9.17) is 9.47 Å². The third-order valence-electron chi connectivity index (χ3n) is 2.74. The van der Waals surface area contributed by atoms with Gasteiger partial charge in [0.2, 0.25) is 0 Å². The Kier molecular flexibility index (Phi) is 3.42. The minimum atomic E-state index is -0.554. The Labute approximate surface area is 99.5 Å². The third kappa shape index (κ3) is 2.84. The van der Waals surface area contributed by atoms with E-state index in [-0.39, 0.29) is 11.9 Å². The van der Waals surface area contributed by atoms with Crippen LogP contribution in [0.5, 0.6) is 5.75 Å². The van der Waals surface area contributed by atoms with Crippen LogP contribution in [0.3, 0.4) is 0 Å². The number of ether oxygens (including phenoxy) is 2. The molecule has 2 rings (SSSR count). The molecule has 0 heterocycles. The van der Waals surface area contributed by atoms with Crippen LogP contribution in [-0.4, -0.2) is 25.5 Å². The predicted octanol–water partition coefficient (Wildman–Crippen LogP) is 1.83. The summed E-state index contributed by atoms with van der Waals surface area (Å²) in [5.74, 6) is 0.406. The molecule has 1 aromatic carbocycles. The zero-order valence-electron chi connectivity index (χ0n) is 9.59. The van der Waals surface area contributed by atoms with Gasteiger partial charge in [-0.15, -0.1) is 0 Å². The maximum Gasteiger partial charge on any atom is 0.347 e. The summed E-state index contributed by atoms with van der Waals surface area (Å²) in [5.41, 5.74) is 0.530. The summed E-state index contributed by atoms with van der Waals surface area (Å²) in [7, 11) is 1.35. The summed E-state index contributed by atoms with van der Waals surface area (Å²) < 4.78 is 10.3. The summed E-state index contributed by atoms with van der Waals surface area (Å²) in [5, 5.41) is 0. The van der Waals surface area contributed by atoms with Gasteiger partial charge in [-0.3, -0.25) is 4.79 Å². The van der Waals surface area contributed by atoms with Crippen LogP contribution in [0.2, 0.25) is 0 Å². The monoisotopic (exact) mass is 234 g/mol. The SMILES string of the molecule is COC(=O)C(Oc1cccc(C=O)c1)C1CC1. The lowest BCUT2D eigenvalue weighted by Gasteiger charge is -2.16. The van der Waals surface area contributed by atoms with Crippen molar-refractivity contribution < 1.29 is 19.1 Å². The van der Waals surface area contributed by atoms with Crippen LogP contribution in [0.1, 0.15) is 23.2 Å². The minimum absolute atomic E-state index is 0.238. The van der Waals surface area contributed by atoms with Crippen molar-refractivity contribution in [1.82, 2.24) is 0 Å². The molecule has 1 aliphatic rings. The molecule has 1 saturated carbocycles. The molecule has 1 fully saturated rings. The number of hydrogen-bond donors (Lipinski definition) is 0. The number of methoxy groups -OCH3 is 1. The molecule has 0 N–H and O–H groups in total. The van der Waals surface area contributed by atoms with Crippen LogP contribution < -0.4 is 4.74 Å². The number of benzene rings is 1. The fourth-order valence-corrected chi connectivity index (χ4v) is 1.66. The first-order valence-corrected chi connectivity index (χ1v) is 5.54. The molecule has 0 bridgehead atoms. The second-order valence-electron chi connectivity index (χ2n) is 4.09. The van der Waals surface area contributed by atoms with Gasteiger partial charge in [0.15, 0.2) is 6.10 Å². The first-order valence-electron chi connectivity index (χ1n) is 5.54. The fraction of sp³-hybridized carbons (Fsp3) is 0.385. The Hall–Kier alpha value is -1.84. The lowest BCUT2D eigenvalue weighted by Crippen LogP contribution is -2.30. The molecule has 1 unspecified atom stereocenters. The minimum Gasteiger partial charge on any atom is -0.478 e. The Balaban J connectivity index is 2.11. The summed E-state index contributed by atoms with van der Waals surface area (Å²) in [6, 6.07) is 6.75. The molecule has 0 spiro atoms. The van der Waals surface area contributed by atoms with Crippen molar-refractivity contribution in [3.63, 3.8) is 0 Å². The Bertz CT molecular complexity index is 423. The lowest BCUT2D eigenvalue weighted by atomic mass is 10.2. The highest BCUT2D eigenvalue weighted by Crippen LogP contribution is 2.35. The third-order valence-corrected chi connectivity index (χ3v) is 2.74. The smallest absolute Gasteiger partial charge is 0.347 e. The number of hydrogen-bond acceptors (Lipinski definition) is 4. The topological polar surface area (TPSA) is 52.6 Å². The number of aldehydes is 1. The molecule has 4 heteroatoms. The maximum atomic E-state index is 11.5. The van der Waals surface area contributed by atoms with Gasteiger partial charge in [0.1, 0.15) is 12.0 Å². The van der Waals surface area contributed by atoms with E-state index < -0.39 is 6.10 Å². The van der Waals surface area contributed by atoms with Crippen molar-refractivity contribution in [2.24, 2.45) is 5.92 Å². The first-order chi connectivity index (χ1) is 8.24.